The Morgan fingerprint density at radius 2 is 2.00 bits per heavy atom. The second-order valence-electron chi connectivity index (χ2n) is 4.14. The smallest absolute Gasteiger partial charge is 0.338 e. The molecule has 0 fully saturated rings. The summed E-state index contributed by atoms with van der Waals surface area (Å²) in [5.74, 6) is 0.298. The van der Waals surface area contributed by atoms with Gasteiger partial charge < -0.3 is 4.74 Å². The minimum atomic E-state index is -0.253. The highest BCUT2D eigenvalue weighted by Crippen LogP contribution is 2.08. The van der Waals surface area contributed by atoms with Crippen LogP contribution in [0.2, 0.25) is 0 Å². The third-order valence-corrected chi connectivity index (χ3v) is 2.31. The molecule has 0 radical (unpaired) electrons. The van der Waals surface area contributed by atoms with Crippen LogP contribution in [0.4, 0.5) is 0 Å². The molecule has 0 heterocycles. The van der Waals surface area contributed by atoms with Crippen LogP contribution in [0.1, 0.15) is 36.2 Å². The van der Waals surface area contributed by atoms with Crippen LogP contribution >= 0.6 is 0 Å². The lowest BCUT2D eigenvalue weighted by atomic mass is 10.1. The summed E-state index contributed by atoms with van der Waals surface area (Å²) in [6.45, 7) is 8.35. The first kappa shape index (κ1) is 12.5. The molecule has 1 aromatic carbocycles. The van der Waals surface area contributed by atoms with Gasteiger partial charge in [-0.15, -0.1) is 0 Å². The topological polar surface area (TPSA) is 26.3 Å². The number of ether oxygens (including phenoxy) is 1. The number of hydrogen-bond acceptors (Lipinski definition) is 2. The van der Waals surface area contributed by atoms with E-state index in [1.54, 1.807) is 18.2 Å². The maximum absolute atomic E-state index is 11.6. The highest BCUT2D eigenvalue weighted by atomic mass is 16.5. The van der Waals surface area contributed by atoms with Crippen LogP contribution in [0.3, 0.4) is 0 Å². The number of benzene rings is 1. The van der Waals surface area contributed by atoms with Gasteiger partial charge in [-0.25, -0.2) is 4.79 Å². The Morgan fingerprint density at radius 3 is 2.50 bits per heavy atom. The summed E-state index contributed by atoms with van der Waals surface area (Å²) in [5.41, 5.74) is 1.59. The van der Waals surface area contributed by atoms with Gasteiger partial charge in [0.25, 0.3) is 0 Å². The van der Waals surface area contributed by atoms with Gasteiger partial charge in [0.15, 0.2) is 0 Å². The van der Waals surface area contributed by atoms with E-state index < -0.39 is 0 Å². The first-order valence-electron chi connectivity index (χ1n) is 5.53. The number of carbonyl (C=O) groups is 1. The number of hydrogen-bond donors (Lipinski definition) is 0. The Bertz CT molecular complexity index is 350. The minimum Gasteiger partial charge on any atom is -0.462 e. The Hall–Kier alpha value is -1.57. The van der Waals surface area contributed by atoms with Crippen LogP contribution in [0.15, 0.2) is 30.8 Å². The summed E-state index contributed by atoms with van der Waals surface area (Å²) in [5, 5.41) is 0. The Morgan fingerprint density at radius 1 is 1.38 bits per heavy atom. The van der Waals surface area contributed by atoms with Crippen molar-refractivity contribution in [3.63, 3.8) is 0 Å². The summed E-state index contributed by atoms with van der Waals surface area (Å²) in [6.07, 6.45) is 2.64. The van der Waals surface area contributed by atoms with Crippen molar-refractivity contribution in [1.29, 1.82) is 0 Å². The molecule has 1 aromatic rings. The van der Waals surface area contributed by atoms with Gasteiger partial charge in [-0.05, 0) is 30.0 Å². The van der Waals surface area contributed by atoms with E-state index in [-0.39, 0.29) is 5.97 Å². The van der Waals surface area contributed by atoms with Gasteiger partial charge in [-0.2, -0.15) is 0 Å². The average Bonchev–Trinajstić information content (AvgIpc) is 2.28. The molecule has 2 nitrogen and oxygen atoms in total. The number of carbonyl (C=O) groups excluding carboxylic acids is 1. The van der Waals surface area contributed by atoms with E-state index in [0.717, 1.165) is 12.0 Å². The monoisotopic (exact) mass is 218 g/mol. The van der Waals surface area contributed by atoms with E-state index in [4.69, 9.17) is 4.74 Å². The van der Waals surface area contributed by atoms with Crippen LogP contribution in [0, 0.1) is 5.92 Å². The highest BCUT2D eigenvalue weighted by Gasteiger charge is 2.06. The minimum absolute atomic E-state index is 0.253. The first-order valence-corrected chi connectivity index (χ1v) is 5.53. The second kappa shape index (κ2) is 6.11. The molecule has 1 rings (SSSR count). The number of rotatable bonds is 5. The molecule has 0 amide bonds. The van der Waals surface area contributed by atoms with Crippen molar-refractivity contribution in [3.8, 4) is 0 Å². The fourth-order valence-electron chi connectivity index (χ4n) is 1.23. The zero-order chi connectivity index (χ0) is 12.0. The molecule has 0 bridgehead atoms. The van der Waals surface area contributed by atoms with Crippen LogP contribution in [-0.4, -0.2) is 12.6 Å². The predicted molar refractivity (Wildman–Crippen MR) is 66.3 cm³/mol. The summed E-state index contributed by atoms with van der Waals surface area (Å²) in [6, 6.07) is 7.22. The van der Waals surface area contributed by atoms with E-state index in [1.807, 2.05) is 12.1 Å². The zero-order valence-electron chi connectivity index (χ0n) is 9.90. The van der Waals surface area contributed by atoms with Crippen LogP contribution < -0.4 is 0 Å². The second-order valence-corrected chi connectivity index (χ2v) is 4.14. The van der Waals surface area contributed by atoms with Gasteiger partial charge in [0.05, 0.1) is 12.2 Å². The summed E-state index contributed by atoms with van der Waals surface area (Å²) >= 11 is 0. The van der Waals surface area contributed by atoms with Crippen molar-refractivity contribution < 1.29 is 9.53 Å². The highest BCUT2D eigenvalue weighted by molar-refractivity contribution is 5.89. The van der Waals surface area contributed by atoms with Crippen molar-refractivity contribution in [2.45, 2.75) is 20.3 Å². The van der Waals surface area contributed by atoms with E-state index in [2.05, 4.69) is 20.4 Å². The van der Waals surface area contributed by atoms with E-state index >= 15 is 0 Å². The molecule has 16 heavy (non-hydrogen) atoms. The van der Waals surface area contributed by atoms with Crippen molar-refractivity contribution in [3.05, 3.63) is 42.0 Å². The first-order chi connectivity index (χ1) is 7.63. The molecule has 86 valence electrons. The average molecular weight is 218 g/mol. The van der Waals surface area contributed by atoms with Gasteiger partial charge >= 0.3 is 5.97 Å². The SMILES string of the molecule is C=Cc1ccc(C(=O)OCCC(C)C)cc1. The van der Waals surface area contributed by atoms with Gasteiger partial charge in [0.1, 0.15) is 0 Å². The molecule has 0 aliphatic carbocycles. The number of esters is 1. The molecular weight excluding hydrogens is 200 g/mol. The standard InChI is InChI=1S/C14H18O2/c1-4-12-5-7-13(8-6-12)14(15)16-10-9-11(2)3/h4-8,11H,1,9-10H2,2-3H3. The predicted octanol–water partition coefficient (Wildman–Crippen LogP) is 3.53. The molecule has 0 saturated heterocycles. The zero-order valence-corrected chi connectivity index (χ0v) is 9.90. The Balaban J connectivity index is 2.49. The van der Waals surface area contributed by atoms with E-state index in [9.17, 15) is 4.79 Å². The molecule has 0 spiro atoms. The van der Waals surface area contributed by atoms with E-state index in [1.165, 1.54) is 0 Å². The van der Waals surface area contributed by atoms with Crippen LogP contribution in [0.25, 0.3) is 6.08 Å². The van der Waals surface area contributed by atoms with Crippen molar-refractivity contribution in [2.24, 2.45) is 5.92 Å². The van der Waals surface area contributed by atoms with Crippen molar-refractivity contribution >= 4 is 12.0 Å². The van der Waals surface area contributed by atoms with Gasteiger partial charge in [-0.1, -0.05) is 38.6 Å². The third-order valence-electron chi connectivity index (χ3n) is 2.31. The largest absolute Gasteiger partial charge is 0.462 e. The Kier molecular flexibility index (Phi) is 4.77. The van der Waals surface area contributed by atoms with Gasteiger partial charge in [0, 0.05) is 0 Å². The third kappa shape index (κ3) is 3.89. The maximum atomic E-state index is 11.6. The molecule has 0 aliphatic rings. The fourth-order valence-corrected chi connectivity index (χ4v) is 1.23. The maximum Gasteiger partial charge on any atom is 0.338 e. The van der Waals surface area contributed by atoms with Crippen molar-refractivity contribution in [2.75, 3.05) is 6.61 Å². The fraction of sp³-hybridized carbons (Fsp3) is 0.357. The Labute approximate surface area is 96.9 Å². The molecule has 0 atom stereocenters. The summed E-state index contributed by atoms with van der Waals surface area (Å²) in [7, 11) is 0. The lowest BCUT2D eigenvalue weighted by Crippen LogP contribution is -2.07. The quantitative estimate of drug-likeness (QED) is 0.707. The molecular formula is C14H18O2. The molecule has 0 saturated carbocycles. The normalized spacial score (nSPS) is 10.2. The lowest BCUT2D eigenvalue weighted by Gasteiger charge is -2.06. The van der Waals surface area contributed by atoms with Gasteiger partial charge in [0.2, 0.25) is 0 Å². The molecule has 2 heteroatoms. The molecule has 0 N–H and O–H groups in total. The summed E-state index contributed by atoms with van der Waals surface area (Å²) in [4.78, 5) is 11.6. The molecule has 0 aromatic heterocycles. The summed E-state index contributed by atoms with van der Waals surface area (Å²) < 4.78 is 5.15. The molecule has 0 aliphatic heterocycles. The molecule has 0 unspecified atom stereocenters. The van der Waals surface area contributed by atoms with Crippen LogP contribution in [-0.2, 0) is 4.74 Å². The lowest BCUT2D eigenvalue weighted by molar-refractivity contribution is 0.0488. The van der Waals surface area contributed by atoms with Crippen LogP contribution in [0.5, 0.6) is 0 Å². The van der Waals surface area contributed by atoms with E-state index in [0.29, 0.717) is 18.1 Å². The van der Waals surface area contributed by atoms with Gasteiger partial charge in [-0.3, -0.25) is 0 Å². The van der Waals surface area contributed by atoms with Crippen molar-refractivity contribution in [1.82, 2.24) is 0 Å².